The minimum Gasteiger partial charge on any atom is -0.465 e. The Balaban J connectivity index is 4.38. The molecule has 172 valence electrons. The average molecular weight is 413 g/mol. The fourth-order valence-corrected chi connectivity index (χ4v) is 3.91. The molecule has 0 aromatic heterocycles. The number of hydrogen-bond acceptors (Lipinski definition) is 4. The van der Waals surface area contributed by atoms with Gasteiger partial charge in [0.2, 0.25) is 0 Å². The lowest BCUT2D eigenvalue weighted by Gasteiger charge is -2.28. The van der Waals surface area contributed by atoms with Crippen molar-refractivity contribution in [1.29, 1.82) is 0 Å². The molecule has 0 aliphatic carbocycles. The molecule has 0 N–H and O–H groups in total. The van der Waals surface area contributed by atoms with Gasteiger partial charge < -0.3 is 9.47 Å². The minimum atomic E-state index is -1.17. The Bertz CT molecular complexity index is 446. The predicted molar refractivity (Wildman–Crippen MR) is 121 cm³/mol. The highest BCUT2D eigenvalue weighted by Crippen LogP contribution is 2.31. The summed E-state index contributed by atoms with van der Waals surface area (Å²) in [5, 5.41) is 0. The molecule has 0 saturated heterocycles. The first-order chi connectivity index (χ1) is 13.6. The number of carbonyl (C=O) groups excluding carboxylic acids is 2. The molecule has 0 amide bonds. The van der Waals surface area contributed by atoms with E-state index in [0.717, 1.165) is 19.3 Å². The van der Waals surface area contributed by atoms with Gasteiger partial charge in [-0.2, -0.15) is 0 Å². The normalized spacial score (nSPS) is 13.2. The summed E-state index contributed by atoms with van der Waals surface area (Å²) in [6.07, 6.45) is 11.3. The Labute approximate surface area is 180 Å². The first kappa shape index (κ1) is 27.9. The highest BCUT2D eigenvalue weighted by Gasteiger charge is 2.46. The maximum Gasteiger partial charge on any atom is 0.323 e. The monoisotopic (exact) mass is 412 g/mol. The van der Waals surface area contributed by atoms with Crippen molar-refractivity contribution in [2.75, 3.05) is 13.2 Å². The van der Waals surface area contributed by atoms with Gasteiger partial charge in [0.1, 0.15) is 0 Å². The lowest BCUT2D eigenvalue weighted by atomic mass is 9.82. The van der Waals surface area contributed by atoms with Crippen molar-refractivity contribution in [1.82, 2.24) is 0 Å². The van der Waals surface area contributed by atoms with E-state index in [-0.39, 0.29) is 11.3 Å². The van der Waals surface area contributed by atoms with Crippen LogP contribution in [0.2, 0.25) is 0 Å². The van der Waals surface area contributed by atoms with Gasteiger partial charge in [-0.05, 0) is 37.0 Å². The SMILES string of the molecule is CCCCCCCCCCOC(=O)C(CC)(CC)C(=O)OCC(C)CC(C)(C)C. The van der Waals surface area contributed by atoms with Gasteiger partial charge in [-0.25, -0.2) is 0 Å². The molecule has 29 heavy (non-hydrogen) atoms. The van der Waals surface area contributed by atoms with Crippen LogP contribution in [0.3, 0.4) is 0 Å². The number of esters is 2. The third-order valence-electron chi connectivity index (χ3n) is 5.68. The van der Waals surface area contributed by atoms with Crippen LogP contribution in [0, 0.1) is 16.7 Å². The van der Waals surface area contributed by atoms with Gasteiger partial charge in [0.05, 0.1) is 13.2 Å². The number of ether oxygens (including phenoxy) is 2. The van der Waals surface area contributed by atoms with Gasteiger partial charge in [0, 0.05) is 0 Å². The van der Waals surface area contributed by atoms with Crippen LogP contribution in [0.1, 0.15) is 119 Å². The van der Waals surface area contributed by atoms with E-state index < -0.39 is 17.4 Å². The number of rotatable bonds is 16. The van der Waals surface area contributed by atoms with Crippen LogP contribution in [0.4, 0.5) is 0 Å². The zero-order valence-electron chi connectivity index (χ0n) is 20.4. The fraction of sp³-hybridized carbons (Fsp3) is 0.920. The zero-order chi connectivity index (χ0) is 22.3. The molecule has 0 aliphatic heterocycles. The van der Waals surface area contributed by atoms with Crippen LogP contribution < -0.4 is 0 Å². The Hall–Kier alpha value is -1.06. The maximum absolute atomic E-state index is 12.8. The summed E-state index contributed by atoms with van der Waals surface area (Å²) in [7, 11) is 0. The Kier molecular flexibility index (Phi) is 14.3. The van der Waals surface area contributed by atoms with Crippen molar-refractivity contribution < 1.29 is 19.1 Å². The van der Waals surface area contributed by atoms with E-state index in [1.165, 1.54) is 38.5 Å². The van der Waals surface area contributed by atoms with Gasteiger partial charge >= 0.3 is 11.9 Å². The first-order valence-corrected chi connectivity index (χ1v) is 12.0. The molecular weight excluding hydrogens is 364 g/mol. The predicted octanol–water partition coefficient (Wildman–Crippen LogP) is 7.09. The second-order valence-electron chi connectivity index (χ2n) is 9.87. The van der Waals surface area contributed by atoms with Crippen molar-refractivity contribution in [3.63, 3.8) is 0 Å². The molecule has 0 fully saturated rings. The molecule has 4 nitrogen and oxygen atoms in total. The van der Waals surface area contributed by atoms with Crippen molar-refractivity contribution in [3.8, 4) is 0 Å². The Morgan fingerprint density at radius 1 is 0.759 bits per heavy atom. The fourth-order valence-electron chi connectivity index (χ4n) is 3.91. The van der Waals surface area contributed by atoms with Crippen molar-refractivity contribution in [3.05, 3.63) is 0 Å². The molecule has 0 bridgehead atoms. The van der Waals surface area contributed by atoms with Crippen molar-refractivity contribution >= 4 is 11.9 Å². The molecule has 4 heteroatoms. The second kappa shape index (κ2) is 14.8. The van der Waals surface area contributed by atoms with Crippen LogP contribution in [0.15, 0.2) is 0 Å². The van der Waals surface area contributed by atoms with E-state index in [1.807, 2.05) is 13.8 Å². The molecule has 0 aliphatic rings. The summed E-state index contributed by atoms with van der Waals surface area (Å²) in [6, 6.07) is 0. The molecule has 1 unspecified atom stereocenters. The second-order valence-corrected chi connectivity index (χ2v) is 9.87. The topological polar surface area (TPSA) is 52.6 Å². The Morgan fingerprint density at radius 2 is 1.24 bits per heavy atom. The third-order valence-corrected chi connectivity index (χ3v) is 5.68. The molecule has 0 heterocycles. The largest absolute Gasteiger partial charge is 0.465 e. The molecule has 0 spiro atoms. The maximum atomic E-state index is 12.8. The van der Waals surface area contributed by atoms with Crippen LogP contribution in [0.5, 0.6) is 0 Å². The number of carbonyl (C=O) groups is 2. The zero-order valence-corrected chi connectivity index (χ0v) is 20.4. The quantitative estimate of drug-likeness (QED) is 0.154. The van der Waals surface area contributed by atoms with E-state index in [4.69, 9.17) is 9.47 Å². The van der Waals surface area contributed by atoms with Gasteiger partial charge in [-0.1, -0.05) is 93.4 Å². The van der Waals surface area contributed by atoms with E-state index in [0.29, 0.717) is 26.1 Å². The summed E-state index contributed by atoms with van der Waals surface area (Å²) in [5.74, 6) is -0.582. The van der Waals surface area contributed by atoms with Gasteiger partial charge in [0.15, 0.2) is 5.41 Å². The highest BCUT2D eigenvalue weighted by atomic mass is 16.6. The molecule has 0 radical (unpaired) electrons. The summed E-state index contributed by atoms with van der Waals surface area (Å²) in [5.41, 5.74) is -0.977. The van der Waals surface area contributed by atoms with E-state index >= 15 is 0 Å². The van der Waals surface area contributed by atoms with E-state index in [2.05, 4.69) is 34.6 Å². The first-order valence-electron chi connectivity index (χ1n) is 12.0. The molecular formula is C25H48O4. The molecule has 0 aromatic rings. The van der Waals surface area contributed by atoms with E-state index in [1.54, 1.807) is 0 Å². The number of hydrogen-bond donors (Lipinski definition) is 0. The summed E-state index contributed by atoms with van der Waals surface area (Å²) < 4.78 is 11.1. The van der Waals surface area contributed by atoms with E-state index in [9.17, 15) is 9.59 Å². The smallest absolute Gasteiger partial charge is 0.323 e. The highest BCUT2D eigenvalue weighted by molar-refractivity contribution is 5.99. The lowest BCUT2D eigenvalue weighted by molar-refractivity contribution is -0.174. The molecule has 1 atom stereocenters. The standard InChI is InChI=1S/C25H48O4/c1-8-11-12-13-14-15-16-17-18-28-22(26)25(9-2,10-3)23(27)29-20-21(4)19-24(5,6)7/h21H,8-20H2,1-7H3. The van der Waals surface area contributed by atoms with Crippen LogP contribution in [-0.4, -0.2) is 25.2 Å². The number of unbranched alkanes of at least 4 members (excludes halogenated alkanes) is 7. The Morgan fingerprint density at radius 3 is 1.72 bits per heavy atom. The summed E-state index contributed by atoms with van der Waals surface area (Å²) >= 11 is 0. The molecule has 0 rings (SSSR count). The lowest BCUT2D eigenvalue weighted by Crippen LogP contribution is -2.41. The van der Waals surface area contributed by atoms with Gasteiger partial charge in [0.25, 0.3) is 0 Å². The van der Waals surface area contributed by atoms with Gasteiger partial charge in [-0.15, -0.1) is 0 Å². The summed E-state index contributed by atoms with van der Waals surface area (Å²) in [6.45, 7) is 15.3. The van der Waals surface area contributed by atoms with Crippen molar-refractivity contribution in [2.45, 2.75) is 119 Å². The third kappa shape index (κ3) is 11.6. The van der Waals surface area contributed by atoms with Crippen LogP contribution >= 0.6 is 0 Å². The van der Waals surface area contributed by atoms with Crippen LogP contribution in [-0.2, 0) is 19.1 Å². The van der Waals surface area contributed by atoms with Crippen molar-refractivity contribution in [2.24, 2.45) is 16.7 Å². The average Bonchev–Trinajstić information content (AvgIpc) is 2.65. The molecule has 0 saturated carbocycles. The molecule has 0 aromatic carbocycles. The van der Waals surface area contributed by atoms with Gasteiger partial charge in [-0.3, -0.25) is 9.59 Å². The minimum absolute atomic E-state index is 0.188. The van der Waals surface area contributed by atoms with Crippen LogP contribution in [0.25, 0.3) is 0 Å². The summed E-state index contributed by atoms with van der Waals surface area (Å²) in [4.78, 5) is 25.5.